The minimum absolute atomic E-state index is 0.244. The van der Waals surface area contributed by atoms with Gasteiger partial charge in [0.15, 0.2) is 0 Å². The van der Waals surface area contributed by atoms with Crippen LogP contribution in [0.15, 0.2) is 0 Å². The molecule has 0 radical (unpaired) electrons. The number of carbonyl (C=O) groups excluding carboxylic acids is 1. The van der Waals surface area contributed by atoms with Crippen LogP contribution in [-0.4, -0.2) is 61.9 Å². The van der Waals surface area contributed by atoms with Crippen molar-refractivity contribution < 1.29 is 24.2 Å². The average molecular weight is 370 g/mol. The predicted molar refractivity (Wildman–Crippen MR) is 96.9 cm³/mol. The van der Waals surface area contributed by atoms with Crippen molar-refractivity contribution in [2.75, 3.05) is 33.5 Å². The number of fused-ring (bicyclic) bond motifs is 2. The number of nitrogens with zero attached hydrogens (tertiary/aromatic N) is 1. The zero-order chi connectivity index (χ0) is 18.4. The molecule has 0 aromatic rings. The van der Waals surface area contributed by atoms with Crippen LogP contribution >= 0.6 is 0 Å². The van der Waals surface area contributed by atoms with Gasteiger partial charge in [0.2, 0.25) is 5.91 Å². The highest BCUT2D eigenvalue weighted by Crippen LogP contribution is 2.43. The number of rotatable bonds is 11. The summed E-state index contributed by atoms with van der Waals surface area (Å²) in [5.74, 6) is 1.44. The zero-order valence-electron chi connectivity index (χ0n) is 16.1. The molecular weight excluding hydrogens is 334 g/mol. The number of hydrogen-bond donors (Lipinski definition) is 1. The van der Waals surface area contributed by atoms with Gasteiger partial charge in [-0.25, -0.2) is 5.06 Å². The van der Waals surface area contributed by atoms with Gasteiger partial charge >= 0.3 is 0 Å². The Labute approximate surface area is 157 Å². The second-order valence-corrected chi connectivity index (χ2v) is 8.26. The highest BCUT2D eigenvalue weighted by molar-refractivity contribution is 5.74. The quantitative estimate of drug-likeness (QED) is 0.344. The molecular formula is C20H35NO5. The van der Waals surface area contributed by atoms with Gasteiger partial charge in [-0.1, -0.05) is 12.8 Å². The van der Waals surface area contributed by atoms with E-state index >= 15 is 0 Å². The van der Waals surface area contributed by atoms with Crippen LogP contribution in [0.3, 0.4) is 0 Å². The fourth-order valence-corrected chi connectivity index (χ4v) is 4.74. The van der Waals surface area contributed by atoms with E-state index in [1.54, 1.807) is 0 Å². The Morgan fingerprint density at radius 1 is 1.00 bits per heavy atom. The largest absolute Gasteiger partial charge is 0.381 e. The molecule has 2 heterocycles. The van der Waals surface area contributed by atoms with E-state index in [0.717, 1.165) is 51.4 Å². The van der Waals surface area contributed by atoms with Crippen LogP contribution in [0.25, 0.3) is 0 Å². The van der Waals surface area contributed by atoms with Gasteiger partial charge in [-0.15, -0.1) is 0 Å². The van der Waals surface area contributed by atoms with E-state index in [4.69, 9.17) is 19.4 Å². The Morgan fingerprint density at radius 3 is 2.31 bits per heavy atom. The van der Waals surface area contributed by atoms with E-state index in [2.05, 4.69) is 0 Å². The summed E-state index contributed by atoms with van der Waals surface area (Å²) < 4.78 is 18.1. The van der Waals surface area contributed by atoms with Crippen molar-refractivity contribution in [1.29, 1.82) is 0 Å². The van der Waals surface area contributed by atoms with Crippen molar-refractivity contribution in [1.82, 2.24) is 5.06 Å². The third-order valence-electron chi connectivity index (χ3n) is 6.33. The highest BCUT2D eigenvalue weighted by Gasteiger charge is 2.48. The summed E-state index contributed by atoms with van der Waals surface area (Å²) in [6.07, 6.45) is 10.3. The molecule has 2 saturated heterocycles. The van der Waals surface area contributed by atoms with Crippen molar-refractivity contribution in [3.63, 3.8) is 0 Å². The van der Waals surface area contributed by atoms with Crippen LogP contribution in [0, 0.1) is 17.8 Å². The lowest BCUT2D eigenvalue weighted by Crippen LogP contribution is -2.34. The van der Waals surface area contributed by atoms with Gasteiger partial charge in [-0.2, -0.15) is 0 Å². The molecule has 4 unspecified atom stereocenters. The van der Waals surface area contributed by atoms with Gasteiger partial charge in [-0.3, -0.25) is 10.0 Å². The topological polar surface area (TPSA) is 68.2 Å². The average Bonchev–Trinajstić information content (AvgIpc) is 3.36. The van der Waals surface area contributed by atoms with Crippen LogP contribution in [0.1, 0.15) is 57.8 Å². The standard InChI is InChI=1S/C20H35NO5/c1-21(23)20(22)8-4-5-11-24-13-16-17(19-10-9-18(16)26-19)14-25-12-15-6-2-3-7-15/h15-19,23H,2-14H2,1H3. The lowest BCUT2D eigenvalue weighted by Gasteiger charge is -2.28. The van der Waals surface area contributed by atoms with Crippen LogP contribution in [0.5, 0.6) is 0 Å². The van der Waals surface area contributed by atoms with Crippen molar-refractivity contribution in [3.8, 4) is 0 Å². The number of amides is 1. The molecule has 1 saturated carbocycles. The third-order valence-corrected chi connectivity index (χ3v) is 6.33. The second-order valence-electron chi connectivity index (χ2n) is 8.26. The summed E-state index contributed by atoms with van der Waals surface area (Å²) in [6, 6.07) is 0. The minimum Gasteiger partial charge on any atom is -0.381 e. The maximum absolute atomic E-state index is 11.3. The maximum Gasteiger partial charge on any atom is 0.245 e. The van der Waals surface area contributed by atoms with Crippen LogP contribution in [-0.2, 0) is 19.0 Å². The van der Waals surface area contributed by atoms with Gasteiger partial charge in [0.25, 0.3) is 0 Å². The lowest BCUT2D eigenvalue weighted by molar-refractivity contribution is -0.159. The molecule has 1 amide bonds. The Bertz CT molecular complexity index is 438. The molecule has 3 rings (SSSR count). The maximum atomic E-state index is 11.3. The van der Waals surface area contributed by atoms with Gasteiger partial charge in [0.1, 0.15) is 0 Å². The van der Waals surface area contributed by atoms with Crippen molar-refractivity contribution in [3.05, 3.63) is 0 Å². The van der Waals surface area contributed by atoms with Crippen molar-refractivity contribution in [2.24, 2.45) is 17.8 Å². The number of hydrogen-bond acceptors (Lipinski definition) is 5. The van der Waals surface area contributed by atoms with Crippen LogP contribution in [0.4, 0.5) is 0 Å². The van der Waals surface area contributed by atoms with E-state index in [1.807, 2.05) is 0 Å². The molecule has 0 aromatic carbocycles. The fraction of sp³-hybridized carbons (Fsp3) is 0.950. The Morgan fingerprint density at radius 2 is 1.65 bits per heavy atom. The number of hydroxylamine groups is 2. The summed E-state index contributed by atoms with van der Waals surface area (Å²) in [5.41, 5.74) is 0. The molecule has 6 heteroatoms. The van der Waals surface area contributed by atoms with Gasteiger partial charge in [-0.05, 0) is 44.4 Å². The van der Waals surface area contributed by atoms with E-state index in [1.165, 1.54) is 32.7 Å². The first-order valence-corrected chi connectivity index (χ1v) is 10.4. The Hall–Kier alpha value is -0.690. The van der Waals surface area contributed by atoms with Crippen LogP contribution in [0.2, 0.25) is 0 Å². The molecule has 0 spiro atoms. The Balaban J connectivity index is 1.31. The molecule has 2 aliphatic heterocycles. The molecule has 3 aliphatic rings. The van der Waals surface area contributed by atoms with Gasteiger partial charge in [0.05, 0.1) is 25.4 Å². The molecule has 2 bridgehead atoms. The number of ether oxygens (including phenoxy) is 3. The SMILES string of the molecule is CN(O)C(=O)CCCCOCC1C2CCC(O2)C1COCC1CCCC1. The molecule has 0 aromatic heterocycles. The van der Waals surface area contributed by atoms with Gasteiger partial charge in [0, 0.05) is 38.5 Å². The van der Waals surface area contributed by atoms with E-state index < -0.39 is 0 Å². The van der Waals surface area contributed by atoms with E-state index in [9.17, 15) is 4.79 Å². The van der Waals surface area contributed by atoms with E-state index in [-0.39, 0.29) is 5.91 Å². The molecule has 1 N–H and O–H groups in total. The number of unbranched alkanes of at least 4 members (excludes halogenated alkanes) is 1. The molecule has 6 nitrogen and oxygen atoms in total. The third kappa shape index (κ3) is 5.41. The normalized spacial score (nSPS) is 31.0. The first-order valence-electron chi connectivity index (χ1n) is 10.4. The Kier molecular flexibility index (Phi) is 7.73. The fourth-order valence-electron chi connectivity index (χ4n) is 4.74. The lowest BCUT2D eigenvalue weighted by atomic mass is 9.80. The molecule has 1 aliphatic carbocycles. The molecule has 150 valence electrons. The first-order chi connectivity index (χ1) is 12.6. The molecule has 3 fully saturated rings. The first kappa shape index (κ1) is 20.1. The predicted octanol–water partition coefficient (Wildman–Crippen LogP) is 3.02. The van der Waals surface area contributed by atoms with Gasteiger partial charge < -0.3 is 14.2 Å². The summed E-state index contributed by atoms with van der Waals surface area (Å²) >= 11 is 0. The zero-order valence-corrected chi connectivity index (χ0v) is 16.1. The summed E-state index contributed by atoms with van der Waals surface area (Å²) in [7, 11) is 1.36. The summed E-state index contributed by atoms with van der Waals surface area (Å²) in [6.45, 7) is 3.11. The smallest absolute Gasteiger partial charge is 0.245 e. The van der Waals surface area contributed by atoms with Crippen molar-refractivity contribution >= 4 is 5.91 Å². The molecule has 4 atom stereocenters. The monoisotopic (exact) mass is 369 g/mol. The number of carbonyl (C=O) groups is 1. The summed E-state index contributed by atoms with van der Waals surface area (Å²) in [5, 5.41) is 9.68. The minimum atomic E-state index is -0.244. The second kappa shape index (κ2) is 10.0. The van der Waals surface area contributed by atoms with Crippen molar-refractivity contribution in [2.45, 2.75) is 70.0 Å². The highest BCUT2D eigenvalue weighted by atomic mass is 16.5. The van der Waals surface area contributed by atoms with E-state index in [0.29, 0.717) is 42.1 Å². The summed E-state index contributed by atoms with van der Waals surface area (Å²) in [4.78, 5) is 11.3. The molecule has 26 heavy (non-hydrogen) atoms. The van der Waals surface area contributed by atoms with Crippen LogP contribution < -0.4 is 0 Å².